The molecule has 6 heterocycles. The van der Waals surface area contributed by atoms with E-state index < -0.39 is 11.9 Å². The van der Waals surface area contributed by atoms with E-state index in [4.69, 9.17) is 15.1 Å². The van der Waals surface area contributed by atoms with Crippen LogP contribution in [0.15, 0.2) is 55.0 Å². The van der Waals surface area contributed by atoms with Gasteiger partial charge in [0.2, 0.25) is 17.7 Å². The maximum absolute atomic E-state index is 13.0. The molecule has 4 aliphatic heterocycles. The quantitative estimate of drug-likeness (QED) is 0.150. The summed E-state index contributed by atoms with van der Waals surface area (Å²) in [5.74, 6) is -0.141. The third kappa shape index (κ3) is 7.53. The van der Waals surface area contributed by atoms with Gasteiger partial charge in [-0.25, -0.2) is 4.98 Å². The number of hydrogen-bond donors (Lipinski definition) is 3. The fourth-order valence-electron chi connectivity index (χ4n) is 8.36. The second kappa shape index (κ2) is 15.4. The number of fused-ring (bicyclic) bond motifs is 2. The summed E-state index contributed by atoms with van der Waals surface area (Å²) in [6.45, 7) is 4.66. The second-order valence-electron chi connectivity index (χ2n) is 14.8. The third-order valence-electron chi connectivity index (χ3n) is 11.4. The van der Waals surface area contributed by atoms with E-state index in [-0.39, 0.29) is 30.2 Å². The Kier molecular flexibility index (Phi) is 10.2. The fraction of sp³-hybridized carbons (Fsp3) is 0.475. The highest BCUT2D eigenvalue weighted by Gasteiger charge is 2.39. The molecule has 1 unspecified atom stereocenters. The molecule has 0 aliphatic carbocycles. The first-order valence-electron chi connectivity index (χ1n) is 19.2. The van der Waals surface area contributed by atoms with Gasteiger partial charge in [-0.1, -0.05) is 18.6 Å². The lowest BCUT2D eigenvalue weighted by Crippen LogP contribution is -2.52. The zero-order valence-electron chi connectivity index (χ0n) is 30.1. The number of nitrogens with zero attached hydrogens (tertiary/aromatic N) is 6. The van der Waals surface area contributed by atoms with E-state index in [9.17, 15) is 19.2 Å². The van der Waals surface area contributed by atoms with Gasteiger partial charge in [0.15, 0.2) is 0 Å². The van der Waals surface area contributed by atoms with Crippen LogP contribution in [-0.4, -0.2) is 91.9 Å². The summed E-state index contributed by atoms with van der Waals surface area (Å²) in [5.41, 5.74) is 7.44. The molecule has 8 rings (SSSR count). The number of nitrogens with one attached hydrogen (secondary N) is 3. The van der Waals surface area contributed by atoms with E-state index in [1.165, 1.54) is 5.56 Å². The number of para-hydroxylation sites is 1. The zero-order valence-corrected chi connectivity index (χ0v) is 30.1. The minimum atomic E-state index is -0.613. The van der Waals surface area contributed by atoms with Crippen LogP contribution in [0.2, 0.25) is 0 Å². The van der Waals surface area contributed by atoms with Crippen molar-refractivity contribution in [2.75, 3.05) is 38.0 Å². The number of imide groups is 1. The summed E-state index contributed by atoms with van der Waals surface area (Å²) in [7, 11) is 0. The lowest BCUT2D eigenvalue weighted by Gasteiger charge is -2.32. The number of benzene rings is 2. The normalized spacial score (nSPS) is 19.8. The van der Waals surface area contributed by atoms with Crippen LogP contribution in [0, 0.1) is 0 Å². The van der Waals surface area contributed by atoms with E-state index in [1.807, 2.05) is 46.2 Å². The number of carbonyl (C=O) groups is 4. The Labute approximate surface area is 308 Å². The van der Waals surface area contributed by atoms with Crippen LogP contribution in [0.5, 0.6) is 0 Å². The Morgan fingerprint density at radius 1 is 0.943 bits per heavy atom. The third-order valence-corrected chi connectivity index (χ3v) is 11.4. The fourth-order valence-corrected chi connectivity index (χ4v) is 8.36. The largest absolute Gasteiger partial charge is 0.385 e. The molecule has 0 bridgehead atoms. The molecule has 3 N–H and O–H groups in total. The van der Waals surface area contributed by atoms with Gasteiger partial charge in [-0.05, 0) is 99.3 Å². The van der Waals surface area contributed by atoms with Gasteiger partial charge in [-0.15, -0.1) is 0 Å². The summed E-state index contributed by atoms with van der Waals surface area (Å²) in [6, 6.07) is 11.6. The van der Waals surface area contributed by atoms with Crippen molar-refractivity contribution in [3.8, 4) is 11.3 Å². The number of hydrogen-bond acceptors (Lipinski definition) is 9. The maximum Gasteiger partial charge on any atom is 0.255 e. The Morgan fingerprint density at radius 3 is 2.62 bits per heavy atom. The van der Waals surface area contributed by atoms with Gasteiger partial charge in [0.1, 0.15) is 6.04 Å². The van der Waals surface area contributed by atoms with Crippen molar-refractivity contribution in [1.29, 1.82) is 0 Å². The molecule has 13 heteroatoms. The van der Waals surface area contributed by atoms with Crippen LogP contribution < -0.4 is 16.0 Å². The Morgan fingerprint density at radius 2 is 1.79 bits per heavy atom. The zero-order chi connectivity index (χ0) is 36.3. The van der Waals surface area contributed by atoms with E-state index >= 15 is 0 Å². The predicted molar refractivity (Wildman–Crippen MR) is 200 cm³/mol. The Bertz CT molecular complexity index is 2010. The van der Waals surface area contributed by atoms with Crippen LogP contribution in [-0.2, 0) is 20.9 Å². The summed E-state index contributed by atoms with van der Waals surface area (Å²) in [4.78, 5) is 63.3. The topological polar surface area (TPSA) is 154 Å². The van der Waals surface area contributed by atoms with Gasteiger partial charge in [-0.3, -0.25) is 34.2 Å². The number of carbonyl (C=O) groups excluding carboxylic acids is 4. The molecule has 13 nitrogen and oxygen atoms in total. The van der Waals surface area contributed by atoms with Gasteiger partial charge < -0.3 is 20.4 Å². The standard InChI is InChI=1S/C40H47N9O4/c50-36-11-10-35(39(52)46-36)48-24-27-21-29(8-9-32(27)40(48)53)42-16-3-1-2-7-37(51)47-19-14-30(15-20-47)49-25-28(22-44-49)34-23-43-33-6-4-5-31(38(33)45-34)26-12-17-41-18-13-26/h4-6,8-9,21-23,25-26,30,35,41-42H,1-3,7,10-20,24H2,(H,46,50,52). The molecule has 0 radical (unpaired) electrons. The molecule has 1 atom stereocenters. The van der Waals surface area contributed by atoms with Crippen LogP contribution in [0.3, 0.4) is 0 Å². The second-order valence-corrected chi connectivity index (χ2v) is 14.8. The van der Waals surface area contributed by atoms with E-state index in [0.717, 1.165) is 111 Å². The van der Waals surface area contributed by atoms with E-state index in [2.05, 4.69) is 34.3 Å². The Balaban J connectivity index is 0.762. The molecular formula is C40H47N9O4. The molecule has 2 aromatic carbocycles. The van der Waals surface area contributed by atoms with Gasteiger partial charge >= 0.3 is 0 Å². The first kappa shape index (κ1) is 34.9. The number of likely N-dealkylation sites (tertiary alicyclic amines) is 1. The molecule has 2 aromatic heterocycles. The van der Waals surface area contributed by atoms with Gasteiger partial charge in [0, 0.05) is 62.0 Å². The number of piperidine rings is 3. The van der Waals surface area contributed by atoms with Gasteiger partial charge in [0.05, 0.1) is 35.2 Å². The summed E-state index contributed by atoms with van der Waals surface area (Å²) in [5, 5.41) is 14.0. The number of unbranched alkanes of at least 4 members (excludes halogenated alkanes) is 2. The van der Waals surface area contributed by atoms with Crippen LogP contribution in [0.25, 0.3) is 22.3 Å². The molecule has 4 amide bonds. The highest BCUT2D eigenvalue weighted by Crippen LogP contribution is 2.32. The first-order chi connectivity index (χ1) is 25.9. The molecule has 0 saturated carbocycles. The van der Waals surface area contributed by atoms with Crippen LogP contribution in [0.1, 0.15) is 97.7 Å². The lowest BCUT2D eigenvalue weighted by molar-refractivity contribution is -0.137. The lowest BCUT2D eigenvalue weighted by atomic mass is 9.89. The predicted octanol–water partition coefficient (Wildman–Crippen LogP) is 4.56. The van der Waals surface area contributed by atoms with Crippen molar-refractivity contribution in [1.82, 2.24) is 40.2 Å². The van der Waals surface area contributed by atoms with Gasteiger partial charge in [0.25, 0.3) is 5.91 Å². The molecule has 3 fully saturated rings. The number of amides is 4. The van der Waals surface area contributed by atoms with Crippen LogP contribution >= 0.6 is 0 Å². The molecule has 53 heavy (non-hydrogen) atoms. The highest BCUT2D eigenvalue weighted by molar-refractivity contribution is 6.05. The molecule has 3 saturated heterocycles. The summed E-state index contributed by atoms with van der Waals surface area (Å²) in [6.07, 6.45) is 13.6. The summed E-state index contributed by atoms with van der Waals surface area (Å²) < 4.78 is 2.04. The van der Waals surface area contributed by atoms with Crippen molar-refractivity contribution in [2.45, 2.75) is 88.8 Å². The average Bonchev–Trinajstić information content (AvgIpc) is 3.81. The smallest absolute Gasteiger partial charge is 0.255 e. The minimum Gasteiger partial charge on any atom is -0.385 e. The molecule has 4 aliphatic rings. The van der Waals surface area contributed by atoms with Crippen molar-refractivity contribution in [2.24, 2.45) is 0 Å². The SMILES string of the molecule is O=C1CCC(N2Cc3cc(NCCCCCC(=O)N4CCC(n5cc(-c6cnc7cccc(C8CCNCC8)c7n6)cn5)CC4)ccc3C2=O)C(=O)N1. The van der Waals surface area contributed by atoms with Crippen molar-refractivity contribution in [3.05, 3.63) is 71.7 Å². The number of rotatable bonds is 11. The first-order valence-corrected chi connectivity index (χ1v) is 19.2. The molecule has 4 aromatic rings. The van der Waals surface area contributed by atoms with E-state index in [1.54, 1.807) is 4.90 Å². The molecule has 0 spiro atoms. The van der Waals surface area contributed by atoms with E-state index in [0.29, 0.717) is 30.9 Å². The van der Waals surface area contributed by atoms with Crippen LogP contribution in [0.4, 0.5) is 5.69 Å². The van der Waals surface area contributed by atoms with Crippen molar-refractivity contribution in [3.63, 3.8) is 0 Å². The van der Waals surface area contributed by atoms with Gasteiger partial charge in [-0.2, -0.15) is 5.10 Å². The van der Waals surface area contributed by atoms with Crippen molar-refractivity contribution < 1.29 is 19.2 Å². The maximum atomic E-state index is 13.0. The number of anilines is 1. The molecule has 276 valence electrons. The number of aromatic nitrogens is 4. The monoisotopic (exact) mass is 717 g/mol. The minimum absolute atomic E-state index is 0.168. The van der Waals surface area contributed by atoms with Crippen molar-refractivity contribution >= 4 is 40.3 Å². The molecular weight excluding hydrogens is 670 g/mol. The Hall–Kier alpha value is -5.17. The average molecular weight is 718 g/mol. The highest BCUT2D eigenvalue weighted by atomic mass is 16.2. The summed E-state index contributed by atoms with van der Waals surface area (Å²) >= 11 is 0.